The zero-order valence-electron chi connectivity index (χ0n) is 13.7. The van der Waals surface area contributed by atoms with Crippen molar-refractivity contribution in [3.05, 3.63) is 29.6 Å². The second-order valence-electron chi connectivity index (χ2n) is 6.71. The molecule has 1 aromatic rings. The summed E-state index contributed by atoms with van der Waals surface area (Å²) in [7, 11) is 2.35. The van der Waals surface area contributed by atoms with E-state index in [0.29, 0.717) is 18.8 Å². The SMILES string of the molecule is COc1cc(F)ccc1CN1C[C@H]2[C@H](N(C)C)CS(=O)(=O)[C@H]2C1. The fourth-order valence-electron chi connectivity index (χ4n) is 3.87. The zero-order chi connectivity index (χ0) is 16.8. The molecule has 0 N–H and O–H groups in total. The third kappa shape index (κ3) is 3.09. The number of rotatable bonds is 4. The third-order valence-corrected chi connectivity index (χ3v) is 7.28. The Morgan fingerprint density at radius 2 is 2.09 bits per heavy atom. The Hall–Kier alpha value is -1.18. The van der Waals surface area contributed by atoms with Crippen molar-refractivity contribution < 1.29 is 17.5 Å². The van der Waals surface area contributed by atoms with Crippen molar-refractivity contribution in [3.8, 4) is 5.75 Å². The highest BCUT2D eigenvalue weighted by Crippen LogP contribution is 2.37. The molecule has 2 heterocycles. The minimum atomic E-state index is -3.04. The molecule has 0 spiro atoms. The predicted molar refractivity (Wildman–Crippen MR) is 86.8 cm³/mol. The Balaban J connectivity index is 1.78. The normalized spacial score (nSPS) is 29.9. The van der Waals surface area contributed by atoms with Gasteiger partial charge in [0.1, 0.15) is 11.6 Å². The Bertz CT molecular complexity index is 693. The molecule has 23 heavy (non-hydrogen) atoms. The lowest BCUT2D eigenvalue weighted by molar-refractivity contribution is 0.228. The second kappa shape index (κ2) is 6.03. The van der Waals surface area contributed by atoms with E-state index in [2.05, 4.69) is 4.90 Å². The molecular formula is C16H23FN2O3S. The first-order valence-corrected chi connectivity index (χ1v) is 9.46. The van der Waals surface area contributed by atoms with Crippen LogP contribution in [0.2, 0.25) is 0 Å². The van der Waals surface area contributed by atoms with Crippen LogP contribution < -0.4 is 4.74 Å². The lowest BCUT2D eigenvalue weighted by atomic mass is 10.00. The maximum atomic E-state index is 13.3. The number of hydrogen-bond acceptors (Lipinski definition) is 5. The molecule has 1 aromatic carbocycles. The summed E-state index contributed by atoms with van der Waals surface area (Å²) in [6, 6.07) is 4.56. The van der Waals surface area contributed by atoms with Crippen LogP contribution in [0.5, 0.6) is 5.75 Å². The van der Waals surface area contributed by atoms with Gasteiger partial charge in [-0.15, -0.1) is 0 Å². The number of nitrogens with zero attached hydrogens (tertiary/aromatic N) is 2. The van der Waals surface area contributed by atoms with Crippen LogP contribution in [0.3, 0.4) is 0 Å². The number of likely N-dealkylation sites (tertiary alicyclic amines) is 1. The first-order valence-electron chi connectivity index (χ1n) is 7.74. The quantitative estimate of drug-likeness (QED) is 0.817. The van der Waals surface area contributed by atoms with Gasteiger partial charge >= 0.3 is 0 Å². The lowest BCUT2D eigenvalue weighted by Gasteiger charge is -2.25. The van der Waals surface area contributed by atoms with Crippen molar-refractivity contribution in [2.24, 2.45) is 5.92 Å². The Kier molecular flexibility index (Phi) is 4.37. The van der Waals surface area contributed by atoms with Gasteiger partial charge in [0.05, 0.1) is 18.1 Å². The molecule has 7 heteroatoms. The maximum Gasteiger partial charge on any atom is 0.156 e. The van der Waals surface area contributed by atoms with Gasteiger partial charge in [0.2, 0.25) is 0 Å². The van der Waals surface area contributed by atoms with E-state index < -0.39 is 9.84 Å². The average molecular weight is 342 g/mol. The van der Waals surface area contributed by atoms with E-state index in [1.54, 1.807) is 6.07 Å². The van der Waals surface area contributed by atoms with Crippen molar-refractivity contribution in [3.63, 3.8) is 0 Å². The zero-order valence-corrected chi connectivity index (χ0v) is 14.5. The topological polar surface area (TPSA) is 49.9 Å². The molecule has 0 amide bonds. The molecule has 0 bridgehead atoms. The predicted octanol–water partition coefficient (Wildman–Crippen LogP) is 0.993. The van der Waals surface area contributed by atoms with E-state index >= 15 is 0 Å². The lowest BCUT2D eigenvalue weighted by Crippen LogP contribution is -2.37. The van der Waals surface area contributed by atoms with Crippen LogP contribution in [-0.2, 0) is 16.4 Å². The van der Waals surface area contributed by atoms with Crippen LogP contribution in [0.25, 0.3) is 0 Å². The monoisotopic (exact) mass is 342 g/mol. The summed E-state index contributed by atoms with van der Waals surface area (Å²) in [5, 5.41) is -0.290. The Morgan fingerprint density at radius 3 is 2.74 bits per heavy atom. The van der Waals surface area contributed by atoms with Crippen LogP contribution in [-0.4, -0.2) is 69.6 Å². The molecule has 0 aliphatic carbocycles. The number of halogens is 1. The first kappa shape index (κ1) is 16.7. The molecule has 0 saturated carbocycles. The van der Waals surface area contributed by atoms with Gasteiger partial charge in [0.15, 0.2) is 9.84 Å². The number of benzene rings is 1. The van der Waals surface area contributed by atoms with E-state index in [-0.39, 0.29) is 28.8 Å². The summed E-state index contributed by atoms with van der Waals surface area (Å²) in [5.74, 6) is 0.568. The number of hydrogen-bond donors (Lipinski definition) is 0. The Labute approximate surface area is 136 Å². The highest BCUT2D eigenvalue weighted by atomic mass is 32.2. The minimum Gasteiger partial charge on any atom is -0.496 e. The van der Waals surface area contributed by atoms with Crippen LogP contribution in [0.1, 0.15) is 5.56 Å². The van der Waals surface area contributed by atoms with E-state index in [9.17, 15) is 12.8 Å². The smallest absolute Gasteiger partial charge is 0.156 e. The van der Waals surface area contributed by atoms with E-state index in [4.69, 9.17) is 4.74 Å². The summed E-state index contributed by atoms with van der Waals surface area (Å²) in [5.41, 5.74) is 0.882. The van der Waals surface area contributed by atoms with Crippen LogP contribution in [0.15, 0.2) is 18.2 Å². The summed E-state index contributed by atoms with van der Waals surface area (Å²) < 4.78 is 43.3. The molecule has 0 aromatic heterocycles. The van der Waals surface area contributed by atoms with Crippen molar-refractivity contribution in [1.82, 2.24) is 9.80 Å². The fourth-order valence-corrected chi connectivity index (χ4v) is 6.37. The van der Waals surface area contributed by atoms with Gasteiger partial charge in [-0.3, -0.25) is 4.90 Å². The molecule has 0 radical (unpaired) electrons. The van der Waals surface area contributed by atoms with Gasteiger partial charge in [0.25, 0.3) is 0 Å². The van der Waals surface area contributed by atoms with Gasteiger partial charge in [-0.25, -0.2) is 12.8 Å². The molecule has 2 fully saturated rings. The van der Waals surface area contributed by atoms with E-state index in [1.807, 2.05) is 19.0 Å². The van der Waals surface area contributed by atoms with Gasteiger partial charge < -0.3 is 9.64 Å². The van der Waals surface area contributed by atoms with Crippen molar-refractivity contribution >= 4 is 9.84 Å². The molecule has 128 valence electrons. The van der Waals surface area contributed by atoms with Crippen molar-refractivity contribution in [2.45, 2.75) is 17.8 Å². The minimum absolute atomic E-state index is 0.0742. The van der Waals surface area contributed by atoms with Crippen LogP contribution in [0.4, 0.5) is 4.39 Å². The van der Waals surface area contributed by atoms with Gasteiger partial charge in [0, 0.05) is 43.2 Å². The van der Waals surface area contributed by atoms with Crippen molar-refractivity contribution in [2.75, 3.05) is 40.0 Å². The third-order valence-electron chi connectivity index (χ3n) is 5.05. The Morgan fingerprint density at radius 1 is 1.35 bits per heavy atom. The summed E-state index contributed by atoms with van der Waals surface area (Å²) >= 11 is 0. The number of fused-ring (bicyclic) bond motifs is 1. The highest BCUT2D eigenvalue weighted by Gasteiger charge is 2.52. The standard InChI is InChI=1S/C16H23FN2O3S/c1-18(2)14-10-23(20,21)16-9-19(8-13(14)16)7-11-4-5-12(17)6-15(11)22-3/h4-6,13-14,16H,7-10H2,1-3H3/t13-,14+,16-/m0/s1. The fraction of sp³-hybridized carbons (Fsp3) is 0.625. The van der Waals surface area contributed by atoms with E-state index in [0.717, 1.165) is 12.1 Å². The molecular weight excluding hydrogens is 319 g/mol. The molecule has 0 unspecified atom stereocenters. The van der Waals surface area contributed by atoms with Gasteiger partial charge in [-0.1, -0.05) is 6.07 Å². The molecule has 2 aliphatic rings. The van der Waals surface area contributed by atoms with Gasteiger partial charge in [-0.2, -0.15) is 0 Å². The molecule has 2 saturated heterocycles. The molecule has 5 nitrogen and oxygen atoms in total. The number of sulfone groups is 1. The average Bonchev–Trinajstić information content (AvgIpc) is 3.00. The molecule has 3 atom stereocenters. The van der Waals surface area contributed by atoms with Crippen LogP contribution in [0, 0.1) is 11.7 Å². The summed E-state index contributed by atoms with van der Waals surface area (Å²) in [6.45, 7) is 1.86. The summed E-state index contributed by atoms with van der Waals surface area (Å²) in [6.07, 6.45) is 0. The van der Waals surface area contributed by atoms with Crippen molar-refractivity contribution in [1.29, 1.82) is 0 Å². The molecule has 2 aliphatic heterocycles. The summed E-state index contributed by atoms with van der Waals surface area (Å²) in [4.78, 5) is 4.16. The van der Waals surface area contributed by atoms with E-state index in [1.165, 1.54) is 19.2 Å². The van der Waals surface area contributed by atoms with Crippen LogP contribution >= 0.6 is 0 Å². The first-order chi connectivity index (χ1) is 10.8. The number of methoxy groups -OCH3 is 1. The van der Waals surface area contributed by atoms with Gasteiger partial charge in [-0.05, 0) is 20.2 Å². The molecule has 3 rings (SSSR count). The number of ether oxygens (including phenoxy) is 1. The highest BCUT2D eigenvalue weighted by molar-refractivity contribution is 7.92. The second-order valence-corrected chi connectivity index (χ2v) is 8.98. The largest absolute Gasteiger partial charge is 0.496 e. The maximum absolute atomic E-state index is 13.3.